The predicted octanol–water partition coefficient (Wildman–Crippen LogP) is 2.25. The highest BCUT2D eigenvalue weighted by molar-refractivity contribution is 5.67. The van der Waals surface area contributed by atoms with Crippen molar-refractivity contribution in [3.05, 3.63) is 0 Å². The van der Waals surface area contributed by atoms with Crippen LogP contribution in [0.25, 0.3) is 0 Å². The molecule has 4 fully saturated rings. The predicted molar refractivity (Wildman–Crippen MR) is 65.4 cm³/mol. The van der Waals surface area contributed by atoms with Gasteiger partial charge in [-0.05, 0) is 68.1 Å². The van der Waals surface area contributed by atoms with Crippen molar-refractivity contribution in [3.8, 4) is 0 Å². The number of carboxylic acids is 1. The van der Waals surface area contributed by atoms with Crippen LogP contribution in [0, 0.1) is 29.6 Å². The van der Waals surface area contributed by atoms with Crippen molar-refractivity contribution in [3.63, 3.8) is 0 Å². The van der Waals surface area contributed by atoms with E-state index in [1.165, 1.54) is 32.1 Å². The van der Waals surface area contributed by atoms with Crippen LogP contribution in [0.15, 0.2) is 0 Å². The van der Waals surface area contributed by atoms with Crippen LogP contribution < -0.4 is 5.73 Å². The smallest absolute Gasteiger partial charge is 0.304 e. The van der Waals surface area contributed by atoms with Crippen molar-refractivity contribution in [2.75, 3.05) is 0 Å². The Morgan fingerprint density at radius 1 is 1.12 bits per heavy atom. The van der Waals surface area contributed by atoms with Crippen LogP contribution in [0.4, 0.5) is 0 Å². The highest BCUT2D eigenvalue weighted by Gasteiger charge is 2.48. The van der Waals surface area contributed by atoms with Crippen LogP contribution in [-0.4, -0.2) is 17.1 Å². The molecule has 0 aromatic rings. The van der Waals surface area contributed by atoms with Gasteiger partial charge in [-0.3, -0.25) is 4.79 Å². The van der Waals surface area contributed by atoms with Gasteiger partial charge in [-0.2, -0.15) is 0 Å². The largest absolute Gasteiger partial charge is 0.481 e. The molecule has 3 heteroatoms. The van der Waals surface area contributed by atoms with Gasteiger partial charge >= 0.3 is 5.97 Å². The molecule has 96 valence electrons. The molecule has 4 saturated carbocycles. The second-order valence-electron chi connectivity index (χ2n) is 6.69. The summed E-state index contributed by atoms with van der Waals surface area (Å²) in [6, 6.07) is -0.130. The van der Waals surface area contributed by atoms with Crippen LogP contribution in [0.2, 0.25) is 0 Å². The van der Waals surface area contributed by atoms with Crippen molar-refractivity contribution < 1.29 is 9.90 Å². The van der Waals surface area contributed by atoms with Gasteiger partial charge in [0.05, 0.1) is 6.42 Å². The summed E-state index contributed by atoms with van der Waals surface area (Å²) in [5.74, 6) is 3.70. The Hall–Kier alpha value is -0.570. The second kappa shape index (κ2) is 4.27. The molecule has 4 aliphatic rings. The minimum absolute atomic E-state index is 0.130. The molecular formula is C14H23NO2. The monoisotopic (exact) mass is 237 g/mol. The normalized spacial score (nSPS) is 44.9. The average molecular weight is 237 g/mol. The van der Waals surface area contributed by atoms with E-state index >= 15 is 0 Å². The lowest BCUT2D eigenvalue weighted by atomic mass is 9.51. The summed E-state index contributed by atoms with van der Waals surface area (Å²) < 4.78 is 0. The first-order valence-corrected chi connectivity index (χ1v) is 7.09. The van der Waals surface area contributed by atoms with Crippen molar-refractivity contribution >= 4 is 5.97 Å². The molecule has 0 amide bonds. The van der Waals surface area contributed by atoms with Crippen molar-refractivity contribution in [2.24, 2.45) is 35.3 Å². The minimum Gasteiger partial charge on any atom is -0.481 e. The van der Waals surface area contributed by atoms with E-state index < -0.39 is 5.97 Å². The van der Waals surface area contributed by atoms with E-state index in [0.717, 1.165) is 36.0 Å². The van der Waals surface area contributed by atoms with Gasteiger partial charge in [-0.25, -0.2) is 0 Å². The molecule has 4 rings (SSSR count). The van der Waals surface area contributed by atoms with E-state index in [0.29, 0.717) is 0 Å². The zero-order valence-electron chi connectivity index (χ0n) is 10.3. The lowest BCUT2D eigenvalue weighted by Crippen LogP contribution is -2.46. The molecule has 17 heavy (non-hydrogen) atoms. The Labute approximate surface area is 103 Å². The van der Waals surface area contributed by atoms with Crippen LogP contribution in [-0.2, 0) is 4.79 Å². The number of nitrogens with two attached hydrogens (primary N) is 1. The maximum absolute atomic E-state index is 10.7. The van der Waals surface area contributed by atoms with Crippen molar-refractivity contribution in [1.29, 1.82) is 0 Å². The summed E-state index contributed by atoms with van der Waals surface area (Å²) in [7, 11) is 0. The van der Waals surface area contributed by atoms with Crippen LogP contribution >= 0.6 is 0 Å². The van der Waals surface area contributed by atoms with Gasteiger partial charge in [0.25, 0.3) is 0 Å². The molecule has 1 atom stereocenters. The highest BCUT2D eigenvalue weighted by atomic mass is 16.4. The fourth-order valence-corrected chi connectivity index (χ4v) is 5.08. The zero-order chi connectivity index (χ0) is 12.0. The fourth-order valence-electron chi connectivity index (χ4n) is 5.08. The van der Waals surface area contributed by atoms with Crippen molar-refractivity contribution in [2.45, 2.75) is 51.0 Å². The topological polar surface area (TPSA) is 63.3 Å². The first kappa shape index (κ1) is 11.5. The fraction of sp³-hybridized carbons (Fsp3) is 0.929. The first-order chi connectivity index (χ1) is 8.11. The van der Waals surface area contributed by atoms with Gasteiger partial charge < -0.3 is 10.8 Å². The molecule has 3 nitrogen and oxygen atoms in total. The molecule has 3 N–H and O–H groups in total. The van der Waals surface area contributed by atoms with E-state index in [9.17, 15) is 4.79 Å². The van der Waals surface area contributed by atoms with E-state index in [2.05, 4.69) is 0 Å². The molecule has 0 spiro atoms. The Morgan fingerprint density at radius 3 is 2.12 bits per heavy atom. The summed E-state index contributed by atoms with van der Waals surface area (Å²) >= 11 is 0. The highest BCUT2D eigenvalue weighted by Crippen LogP contribution is 2.57. The molecule has 0 aromatic heterocycles. The number of rotatable bonds is 4. The number of carbonyl (C=O) groups is 1. The average Bonchev–Trinajstić information content (AvgIpc) is 2.21. The van der Waals surface area contributed by atoms with E-state index in [-0.39, 0.29) is 12.5 Å². The summed E-state index contributed by atoms with van der Waals surface area (Å²) in [6.45, 7) is 0. The Morgan fingerprint density at radius 2 is 1.65 bits per heavy atom. The third kappa shape index (κ3) is 2.22. The first-order valence-electron chi connectivity index (χ1n) is 7.09. The molecule has 0 aromatic carbocycles. The summed E-state index contributed by atoms with van der Waals surface area (Å²) in [5.41, 5.74) is 5.97. The van der Waals surface area contributed by atoms with Crippen LogP contribution in [0.5, 0.6) is 0 Å². The second-order valence-corrected chi connectivity index (χ2v) is 6.69. The molecule has 4 bridgehead atoms. The zero-order valence-corrected chi connectivity index (χ0v) is 10.3. The summed E-state index contributed by atoms with van der Waals surface area (Å²) in [5, 5.41) is 8.79. The molecule has 0 aliphatic heterocycles. The maximum Gasteiger partial charge on any atom is 0.304 e. The quantitative estimate of drug-likeness (QED) is 0.788. The number of aliphatic carboxylic acids is 1. The molecule has 0 radical (unpaired) electrons. The van der Waals surface area contributed by atoms with E-state index in [1.807, 2.05) is 0 Å². The SMILES string of the molecule is NC(CC(=O)O)CC1C2CC3CC(C2)CC1C3. The van der Waals surface area contributed by atoms with E-state index in [4.69, 9.17) is 10.8 Å². The van der Waals surface area contributed by atoms with Crippen molar-refractivity contribution in [1.82, 2.24) is 0 Å². The molecule has 0 heterocycles. The number of hydrogen-bond donors (Lipinski definition) is 2. The van der Waals surface area contributed by atoms with Gasteiger partial charge in [0.1, 0.15) is 0 Å². The van der Waals surface area contributed by atoms with Gasteiger partial charge in [0.15, 0.2) is 0 Å². The Balaban J connectivity index is 1.62. The summed E-state index contributed by atoms with van der Waals surface area (Å²) in [6.07, 6.45) is 8.16. The van der Waals surface area contributed by atoms with Gasteiger partial charge in [0, 0.05) is 6.04 Å². The molecule has 4 aliphatic carbocycles. The lowest BCUT2D eigenvalue weighted by Gasteiger charge is -2.55. The Kier molecular flexibility index (Phi) is 2.89. The summed E-state index contributed by atoms with van der Waals surface area (Å²) in [4.78, 5) is 10.7. The number of hydrogen-bond acceptors (Lipinski definition) is 2. The molecular weight excluding hydrogens is 214 g/mol. The van der Waals surface area contributed by atoms with Gasteiger partial charge in [0.2, 0.25) is 0 Å². The van der Waals surface area contributed by atoms with Gasteiger partial charge in [-0.15, -0.1) is 0 Å². The third-order valence-electron chi connectivity index (χ3n) is 5.43. The molecule has 0 saturated heterocycles. The minimum atomic E-state index is -0.749. The lowest BCUT2D eigenvalue weighted by molar-refractivity contribution is -0.137. The van der Waals surface area contributed by atoms with Crippen LogP contribution in [0.3, 0.4) is 0 Å². The maximum atomic E-state index is 10.7. The standard InChI is InChI=1S/C14H23NO2/c15-12(7-14(16)17)6-13-10-2-8-1-9(4-10)5-11(13)3-8/h8-13H,1-7,15H2,(H,16,17). The van der Waals surface area contributed by atoms with Crippen LogP contribution in [0.1, 0.15) is 44.9 Å². The molecule has 1 unspecified atom stereocenters. The van der Waals surface area contributed by atoms with Gasteiger partial charge in [-0.1, -0.05) is 0 Å². The number of carboxylic acid groups (broad SMARTS) is 1. The Bertz CT molecular complexity index is 287. The third-order valence-corrected chi connectivity index (χ3v) is 5.43. The van der Waals surface area contributed by atoms with E-state index in [1.54, 1.807) is 0 Å².